The minimum absolute atomic E-state index is 0. The summed E-state index contributed by atoms with van der Waals surface area (Å²) in [6, 6.07) is 7.19. The van der Waals surface area contributed by atoms with Gasteiger partial charge in [0.25, 0.3) is 0 Å². The van der Waals surface area contributed by atoms with E-state index in [9.17, 15) is 8.42 Å². The second kappa shape index (κ2) is 7.77. The van der Waals surface area contributed by atoms with E-state index in [2.05, 4.69) is 30.8 Å². The Kier molecular flexibility index (Phi) is 6.86. The molecule has 0 saturated carbocycles. The molecular weight excluding hydrogens is 320 g/mol. The second-order valence-corrected chi connectivity index (χ2v) is 8.61. The Morgan fingerprint density at radius 1 is 1.23 bits per heavy atom. The van der Waals surface area contributed by atoms with Crippen molar-refractivity contribution in [2.45, 2.75) is 43.9 Å². The molecule has 0 aliphatic carbocycles. The summed E-state index contributed by atoms with van der Waals surface area (Å²) in [5, 5.41) is 3.30. The molecule has 2 N–H and O–H groups in total. The topological polar surface area (TPSA) is 58.2 Å². The van der Waals surface area contributed by atoms with Gasteiger partial charge in [-0.3, -0.25) is 0 Å². The average molecular weight is 347 g/mol. The first-order valence-corrected chi connectivity index (χ1v) is 9.08. The molecule has 0 amide bonds. The second-order valence-electron chi connectivity index (χ2n) is 6.84. The molecular formula is C16H27ClN2O2S. The summed E-state index contributed by atoms with van der Waals surface area (Å²) in [4.78, 5) is 0.347. The third-order valence-corrected chi connectivity index (χ3v) is 5.43. The highest BCUT2D eigenvalue weighted by molar-refractivity contribution is 7.89. The summed E-state index contributed by atoms with van der Waals surface area (Å²) in [7, 11) is -3.40. The lowest BCUT2D eigenvalue weighted by Crippen LogP contribution is -2.38. The molecule has 0 spiro atoms. The Bertz CT molecular complexity index is 559. The Hall–Kier alpha value is -0.620. The van der Waals surface area contributed by atoms with Gasteiger partial charge in [0.15, 0.2) is 0 Å². The zero-order valence-electron chi connectivity index (χ0n) is 13.6. The van der Waals surface area contributed by atoms with Crippen LogP contribution in [0.4, 0.5) is 0 Å². The molecule has 2 rings (SSSR count). The van der Waals surface area contributed by atoms with E-state index >= 15 is 0 Å². The molecule has 1 atom stereocenters. The van der Waals surface area contributed by atoms with Gasteiger partial charge in [0.1, 0.15) is 0 Å². The number of hydrogen-bond acceptors (Lipinski definition) is 3. The number of piperidine rings is 1. The fourth-order valence-corrected chi connectivity index (χ4v) is 3.66. The Morgan fingerprint density at radius 2 is 1.86 bits per heavy atom. The maximum Gasteiger partial charge on any atom is 0.240 e. The van der Waals surface area contributed by atoms with Gasteiger partial charge in [-0.05, 0) is 55.0 Å². The van der Waals surface area contributed by atoms with Crippen molar-refractivity contribution >= 4 is 22.4 Å². The van der Waals surface area contributed by atoms with Crippen molar-refractivity contribution in [2.75, 3.05) is 19.6 Å². The van der Waals surface area contributed by atoms with Crippen LogP contribution in [0, 0.1) is 5.92 Å². The number of halogens is 1. The molecule has 0 aromatic heterocycles. The van der Waals surface area contributed by atoms with Crippen molar-refractivity contribution in [3.8, 4) is 0 Å². The highest BCUT2D eigenvalue weighted by Gasteiger charge is 2.20. The van der Waals surface area contributed by atoms with E-state index in [1.54, 1.807) is 12.1 Å². The predicted molar refractivity (Wildman–Crippen MR) is 93.2 cm³/mol. The number of hydrogen-bond donors (Lipinski definition) is 2. The van der Waals surface area contributed by atoms with Crippen LogP contribution >= 0.6 is 12.4 Å². The lowest BCUT2D eigenvalue weighted by molar-refractivity contribution is 0.376. The van der Waals surface area contributed by atoms with Gasteiger partial charge in [0, 0.05) is 6.54 Å². The molecule has 4 nitrogen and oxygen atoms in total. The van der Waals surface area contributed by atoms with Crippen molar-refractivity contribution < 1.29 is 8.42 Å². The first-order valence-electron chi connectivity index (χ1n) is 7.60. The minimum atomic E-state index is -3.40. The van der Waals surface area contributed by atoms with Gasteiger partial charge in [0.2, 0.25) is 10.0 Å². The lowest BCUT2D eigenvalue weighted by atomic mass is 9.87. The van der Waals surface area contributed by atoms with Gasteiger partial charge in [-0.25, -0.2) is 13.1 Å². The van der Waals surface area contributed by atoms with Crippen molar-refractivity contribution in [3.05, 3.63) is 29.8 Å². The summed E-state index contributed by atoms with van der Waals surface area (Å²) in [5.74, 6) is 0.391. The van der Waals surface area contributed by atoms with Crippen molar-refractivity contribution in [3.63, 3.8) is 0 Å². The summed E-state index contributed by atoms with van der Waals surface area (Å²) >= 11 is 0. The number of rotatable bonds is 4. The molecule has 1 aliphatic rings. The minimum Gasteiger partial charge on any atom is -0.316 e. The smallest absolute Gasteiger partial charge is 0.240 e. The van der Waals surface area contributed by atoms with E-state index < -0.39 is 10.0 Å². The average Bonchev–Trinajstić information content (AvgIpc) is 2.46. The number of nitrogens with one attached hydrogen (secondary N) is 2. The third-order valence-electron chi connectivity index (χ3n) is 3.99. The SMILES string of the molecule is CC(C)(C)c1ccc(S(=O)(=O)NCC2CCCNC2)cc1.Cl. The molecule has 1 saturated heterocycles. The van der Waals surface area contributed by atoms with Gasteiger partial charge < -0.3 is 5.32 Å². The molecule has 126 valence electrons. The summed E-state index contributed by atoms with van der Waals surface area (Å²) in [5.41, 5.74) is 1.17. The molecule has 22 heavy (non-hydrogen) atoms. The highest BCUT2D eigenvalue weighted by Crippen LogP contribution is 2.23. The molecule has 1 aromatic carbocycles. The number of benzene rings is 1. The fraction of sp³-hybridized carbons (Fsp3) is 0.625. The normalized spacial score (nSPS) is 19.5. The van der Waals surface area contributed by atoms with Crippen LogP contribution in [-0.4, -0.2) is 28.1 Å². The highest BCUT2D eigenvalue weighted by atomic mass is 35.5. The van der Waals surface area contributed by atoms with Crippen LogP contribution in [-0.2, 0) is 15.4 Å². The first-order chi connectivity index (χ1) is 9.79. The Labute approximate surface area is 140 Å². The van der Waals surface area contributed by atoms with E-state index in [-0.39, 0.29) is 17.8 Å². The predicted octanol–water partition coefficient (Wildman–Crippen LogP) is 2.68. The summed E-state index contributed by atoms with van der Waals surface area (Å²) in [6.07, 6.45) is 2.20. The van der Waals surface area contributed by atoms with E-state index in [0.29, 0.717) is 17.4 Å². The summed E-state index contributed by atoms with van der Waals surface area (Å²) in [6.45, 7) is 8.79. The largest absolute Gasteiger partial charge is 0.316 e. The van der Waals surface area contributed by atoms with Crippen LogP contribution in [0.5, 0.6) is 0 Å². The van der Waals surface area contributed by atoms with Crippen molar-refractivity contribution in [1.29, 1.82) is 0 Å². The van der Waals surface area contributed by atoms with Gasteiger partial charge in [-0.15, -0.1) is 12.4 Å². The quantitative estimate of drug-likeness (QED) is 0.881. The van der Waals surface area contributed by atoms with E-state index in [1.807, 2.05) is 12.1 Å². The molecule has 0 bridgehead atoms. The standard InChI is InChI=1S/C16H26N2O2S.ClH/c1-16(2,3)14-6-8-15(9-7-14)21(19,20)18-12-13-5-4-10-17-11-13;/h6-9,13,17-18H,4-5,10-12H2,1-3H3;1H. The van der Waals surface area contributed by atoms with Gasteiger partial charge in [0.05, 0.1) is 4.90 Å². The monoisotopic (exact) mass is 346 g/mol. The van der Waals surface area contributed by atoms with E-state index in [0.717, 1.165) is 31.5 Å². The van der Waals surface area contributed by atoms with Crippen LogP contribution in [0.1, 0.15) is 39.2 Å². The van der Waals surface area contributed by atoms with Crippen molar-refractivity contribution in [2.24, 2.45) is 5.92 Å². The van der Waals surface area contributed by atoms with E-state index in [1.165, 1.54) is 0 Å². The third kappa shape index (κ3) is 5.23. The Balaban J connectivity index is 0.00000242. The van der Waals surface area contributed by atoms with Crippen LogP contribution in [0.15, 0.2) is 29.2 Å². The van der Waals surface area contributed by atoms with Crippen LogP contribution in [0.2, 0.25) is 0 Å². The molecule has 0 radical (unpaired) electrons. The maximum atomic E-state index is 12.3. The molecule has 6 heteroatoms. The van der Waals surface area contributed by atoms with Gasteiger partial charge in [-0.2, -0.15) is 0 Å². The van der Waals surface area contributed by atoms with Crippen LogP contribution in [0.25, 0.3) is 0 Å². The van der Waals surface area contributed by atoms with Crippen molar-refractivity contribution in [1.82, 2.24) is 10.0 Å². The number of sulfonamides is 1. The van der Waals surface area contributed by atoms with Gasteiger partial charge in [-0.1, -0.05) is 32.9 Å². The maximum absolute atomic E-state index is 12.3. The fourth-order valence-electron chi connectivity index (χ4n) is 2.54. The van der Waals surface area contributed by atoms with Crippen LogP contribution in [0.3, 0.4) is 0 Å². The zero-order valence-corrected chi connectivity index (χ0v) is 15.2. The van der Waals surface area contributed by atoms with Crippen LogP contribution < -0.4 is 10.0 Å². The molecule has 1 fully saturated rings. The molecule has 1 aromatic rings. The zero-order chi connectivity index (χ0) is 15.5. The Morgan fingerprint density at radius 3 is 2.36 bits per heavy atom. The molecule has 1 heterocycles. The first kappa shape index (κ1) is 19.4. The summed E-state index contributed by atoms with van der Waals surface area (Å²) < 4.78 is 27.3. The molecule has 1 unspecified atom stereocenters. The lowest BCUT2D eigenvalue weighted by Gasteiger charge is -2.23. The molecule has 1 aliphatic heterocycles. The van der Waals surface area contributed by atoms with Gasteiger partial charge >= 0.3 is 0 Å². The van der Waals surface area contributed by atoms with E-state index in [4.69, 9.17) is 0 Å².